The number of fused-ring (bicyclic) bond motifs is 1. The van der Waals surface area contributed by atoms with Crippen molar-refractivity contribution in [2.75, 3.05) is 38.3 Å². The topological polar surface area (TPSA) is 75.4 Å². The molecule has 2 aromatic rings. The summed E-state index contributed by atoms with van der Waals surface area (Å²) in [6.07, 6.45) is 2.01. The van der Waals surface area contributed by atoms with E-state index in [0.717, 1.165) is 23.4 Å². The average Bonchev–Trinajstić information content (AvgIpc) is 3.28. The molecule has 1 aromatic carbocycles. The van der Waals surface area contributed by atoms with E-state index in [1.54, 1.807) is 24.3 Å². The molecule has 0 radical (unpaired) electrons. The van der Waals surface area contributed by atoms with Crippen LogP contribution in [0.15, 0.2) is 41.0 Å². The molecule has 1 atom stereocenters. The van der Waals surface area contributed by atoms with E-state index >= 15 is 0 Å². The molecule has 7 nitrogen and oxygen atoms in total. The number of amides is 1. The lowest BCUT2D eigenvalue weighted by atomic mass is 10.1. The second-order valence-corrected chi connectivity index (χ2v) is 7.40. The van der Waals surface area contributed by atoms with E-state index in [1.165, 1.54) is 0 Å². The average molecular weight is 427 g/mol. The van der Waals surface area contributed by atoms with E-state index in [0.29, 0.717) is 45.0 Å². The number of benzene rings is 1. The lowest BCUT2D eigenvalue weighted by Gasteiger charge is -2.34. The van der Waals surface area contributed by atoms with Gasteiger partial charge < -0.3 is 28.8 Å². The minimum atomic E-state index is -0.703. The molecule has 0 bridgehead atoms. The molecular weight excluding hydrogens is 396 g/mol. The number of furan rings is 1. The van der Waals surface area contributed by atoms with Gasteiger partial charge in [-0.15, -0.1) is 5.92 Å². The minimum Gasteiger partial charge on any atom is -0.497 e. The van der Waals surface area contributed by atoms with E-state index in [4.69, 9.17) is 13.9 Å². The Morgan fingerprint density at radius 2 is 2.13 bits per heavy atom. The highest BCUT2D eigenvalue weighted by molar-refractivity contribution is 5.78. The fourth-order valence-electron chi connectivity index (χ4n) is 3.53. The van der Waals surface area contributed by atoms with Gasteiger partial charge in [-0.05, 0) is 35.9 Å². The Morgan fingerprint density at radius 3 is 2.87 bits per heavy atom. The number of anilines is 1. The monoisotopic (exact) mass is 426 g/mol. The van der Waals surface area contributed by atoms with Gasteiger partial charge in [0.15, 0.2) is 0 Å². The predicted octanol–water partition coefficient (Wildman–Crippen LogP) is 2.82. The van der Waals surface area contributed by atoms with E-state index in [1.807, 2.05) is 36.1 Å². The van der Waals surface area contributed by atoms with Crippen molar-refractivity contribution in [3.8, 4) is 17.6 Å². The van der Waals surface area contributed by atoms with Crippen molar-refractivity contribution in [3.63, 3.8) is 0 Å². The molecule has 0 fully saturated rings. The van der Waals surface area contributed by atoms with Gasteiger partial charge in [-0.1, -0.05) is 12.8 Å². The van der Waals surface area contributed by atoms with Crippen LogP contribution in [0.3, 0.4) is 0 Å². The van der Waals surface area contributed by atoms with Crippen molar-refractivity contribution < 1.29 is 23.8 Å². The van der Waals surface area contributed by atoms with Gasteiger partial charge in [-0.25, -0.2) is 0 Å². The fourth-order valence-corrected chi connectivity index (χ4v) is 3.53. The van der Waals surface area contributed by atoms with Gasteiger partial charge in [0.2, 0.25) is 5.91 Å². The largest absolute Gasteiger partial charge is 0.497 e. The van der Waals surface area contributed by atoms with Crippen molar-refractivity contribution in [2.45, 2.75) is 39.0 Å². The van der Waals surface area contributed by atoms with Crippen molar-refractivity contribution in [2.24, 2.45) is 0 Å². The summed E-state index contributed by atoms with van der Waals surface area (Å²) in [7, 11) is 1.62. The Bertz CT molecular complexity index is 900. The molecule has 0 aliphatic carbocycles. The van der Waals surface area contributed by atoms with Crippen LogP contribution in [0, 0.1) is 11.8 Å². The summed E-state index contributed by atoms with van der Waals surface area (Å²) >= 11 is 0. The molecule has 2 heterocycles. The summed E-state index contributed by atoms with van der Waals surface area (Å²) in [5, 5.41) is 10.5. The van der Waals surface area contributed by atoms with Crippen LogP contribution in [-0.2, 0) is 22.7 Å². The Kier molecular flexibility index (Phi) is 8.39. The first-order valence-electron chi connectivity index (χ1n) is 10.5. The smallest absolute Gasteiger partial charge is 0.225 e. The molecule has 7 heteroatoms. The van der Waals surface area contributed by atoms with Crippen LogP contribution >= 0.6 is 0 Å². The number of carbonyl (C=O) groups is 1. The zero-order valence-electron chi connectivity index (χ0n) is 18.2. The molecule has 0 spiro atoms. The number of methoxy groups -OCH3 is 1. The van der Waals surface area contributed by atoms with Crippen LogP contribution in [0.2, 0.25) is 0 Å². The van der Waals surface area contributed by atoms with Crippen molar-refractivity contribution in [1.82, 2.24) is 4.90 Å². The Labute approximate surface area is 183 Å². The van der Waals surface area contributed by atoms with Gasteiger partial charge >= 0.3 is 0 Å². The summed E-state index contributed by atoms with van der Waals surface area (Å²) in [6.45, 7) is 4.20. The lowest BCUT2D eigenvalue weighted by Crippen LogP contribution is -2.41. The first kappa shape index (κ1) is 22.7. The van der Waals surface area contributed by atoms with Gasteiger partial charge in [0.1, 0.15) is 18.1 Å². The summed E-state index contributed by atoms with van der Waals surface area (Å²) in [5.41, 5.74) is 1.95. The van der Waals surface area contributed by atoms with Gasteiger partial charge in [-0.2, -0.15) is 0 Å². The Hall–Kier alpha value is -2.95. The highest BCUT2D eigenvalue weighted by atomic mass is 16.5. The van der Waals surface area contributed by atoms with Crippen LogP contribution in [0.1, 0.15) is 31.1 Å². The zero-order valence-corrected chi connectivity index (χ0v) is 18.2. The molecule has 31 heavy (non-hydrogen) atoms. The number of hydrogen-bond donors (Lipinski definition) is 1. The maximum absolute atomic E-state index is 12.8. The van der Waals surface area contributed by atoms with Gasteiger partial charge in [0.05, 0.1) is 32.6 Å². The number of carbonyl (C=O) groups excluding carboxylic acids is 1. The third-order valence-electron chi connectivity index (χ3n) is 5.07. The standard InChI is InChI=1S/C24H30N2O5/c1-3-4-5-11-26-15-19-14-21(29-2)8-9-23(19)25(12-10-24(26)28)16-20(27)17-30-18-22-7-6-13-31-22/h6-9,13-14,20,27H,3,10-12,15-18H2,1-2H3. The summed E-state index contributed by atoms with van der Waals surface area (Å²) in [5.74, 6) is 7.59. The molecule has 1 aromatic heterocycles. The molecule has 166 valence electrons. The third kappa shape index (κ3) is 6.51. The quantitative estimate of drug-likeness (QED) is 0.655. The maximum Gasteiger partial charge on any atom is 0.225 e. The van der Waals surface area contributed by atoms with Crippen LogP contribution in [0.25, 0.3) is 0 Å². The molecular formula is C24H30N2O5. The van der Waals surface area contributed by atoms with Crippen molar-refractivity contribution >= 4 is 11.6 Å². The van der Waals surface area contributed by atoms with Gasteiger partial charge in [-0.3, -0.25) is 4.79 Å². The first-order valence-corrected chi connectivity index (χ1v) is 10.5. The van der Waals surface area contributed by atoms with E-state index in [-0.39, 0.29) is 12.5 Å². The number of hydrogen-bond acceptors (Lipinski definition) is 6. The van der Waals surface area contributed by atoms with Crippen molar-refractivity contribution in [3.05, 3.63) is 47.9 Å². The minimum absolute atomic E-state index is 0.0485. The van der Waals surface area contributed by atoms with E-state index in [9.17, 15) is 9.90 Å². The maximum atomic E-state index is 12.8. The molecule has 0 saturated carbocycles. The second kappa shape index (κ2) is 11.4. The molecule has 1 aliphatic heterocycles. The van der Waals surface area contributed by atoms with Crippen LogP contribution in [-0.4, -0.2) is 55.4 Å². The SMILES string of the molecule is CCC#CCN1Cc2cc(OC)ccc2N(CC(O)COCc2ccco2)CCC1=O. The highest BCUT2D eigenvalue weighted by Gasteiger charge is 2.24. The number of aliphatic hydroxyl groups is 1. The van der Waals surface area contributed by atoms with Crippen LogP contribution in [0.4, 0.5) is 5.69 Å². The zero-order chi connectivity index (χ0) is 22.1. The van der Waals surface area contributed by atoms with E-state index < -0.39 is 6.10 Å². The summed E-state index contributed by atoms with van der Waals surface area (Å²) in [6, 6.07) is 9.46. The van der Waals surface area contributed by atoms with Gasteiger partial charge in [0.25, 0.3) is 0 Å². The molecule has 1 unspecified atom stereocenters. The normalized spacial score (nSPS) is 14.9. The number of ether oxygens (including phenoxy) is 2. The summed E-state index contributed by atoms with van der Waals surface area (Å²) in [4.78, 5) is 16.6. The van der Waals surface area contributed by atoms with Crippen molar-refractivity contribution in [1.29, 1.82) is 0 Å². The molecule has 1 amide bonds. The van der Waals surface area contributed by atoms with Crippen LogP contribution < -0.4 is 9.64 Å². The summed E-state index contributed by atoms with van der Waals surface area (Å²) < 4.78 is 16.2. The highest BCUT2D eigenvalue weighted by Crippen LogP contribution is 2.29. The van der Waals surface area contributed by atoms with E-state index in [2.05, 4.69) is 11.8 Å². The van der Waals surface area contributed by atoms with Gasteiger partial charge in [0, 0.05) is 38.2 Å². The number of rotatable bonds is 8. The first-order chi connectivity index (χ1) is 15.1. The number of aliphatic hydroxyl groups excluding tert-OH is 1. The fraction of sp³-hybridized carbons (Fsp3) is 0.458. The second-order valence-electron chi connectivity index (χ2n) is 7.40. The van der Waals surface area contributed by atoms with Crippen LogP contribution in [0.5, 0.6) is 5.75 Å². The Morgan fingerprint density at radius 1 is 1.26 bits per heavy atom. The molecule has 1 N–H and O–H groups in total. The number of β-amino-alcohol motifs (C(OH)–C–C–N with tert-alkyl or cyclic N) is 1. The number of nitrogens with zero attached hydrogens (tertiary/aromatic N) is 2. The molecule has 0 saturated heterocycles. The molecule has 3 rings (SSSR count). The Balaban J connectivity index is 1.71. The third-order valence-corrected chi connectivity index (χ3v) is 5.07. The molecule has 1 aliphatic rings. The lowest BCUT2D eigenvalue weighted by molar-refractivity contribution is -0.131. The predicted molar refractivity (Wildman–Crippen MR) is 118 cm³/mol.